The van der Waals surface area contributed by atoms with Crippen molar-refractivity contribution in [1.82, 2.24) is 4.90 Å². The summed E-state index contributed by atoms with van der Waals surface area (Å²) in [4.78, 5) is 2.37. The summed E-state index contributed by atoms with van der Waals surface area (Å²) in [6, 6.07) is 13.7. The largest absolute Gasteiger partial charge is 0.382 e. The number of benzene rings is 2. The van der Waals surface area contributed by atoms with Crippen LogP contribution in [0.3, 0.4) is 0 Å². The molecule has 22 heavy (non-hydrogen) atoms. The number of hydrogen-bond donors (Lipinski definition) is 1. The number of anilines is 1. The number of halogens is 2. The Morgan fingerprint density at radius 1 is 0.955 bits per heavy atom. The van der Waals surface area contributed by atoms with E-state index in [4.69, 9.17) is 0 Å². The maximum atomic E-state index is 13.2. The van der Waals surface area contributed by atoms with E-state index in [1.54, 1.807) is 6.07 Å². The molecule has 2 aromatic carbocycles. The molecule has 1 saturated heterocycles. The highest BCUT2D eigenvalue weighted by atomic mass is 19.1. The molecule has 2 aromatic rings. The van der Waals surface area contributed by atoms with Crippen LogP contribution in [0, 0.1) is 11.6 Å². The van der Waals surface area contributed by atoms with Crippen LogP contribution in [0.2, 0.25) is 0 Å². The summed E-state index contributed by atoms with van der Waals surface area (Å²) in [5, 5.41) is 3.40. The van der Waals surface area contributed by atoms with Gasteiger partial charge < -0.3 is 5.32 Å². The minimum absolute atomic E-state index is 0.193. The molecule has 116 valence electrons. The molecule has 0 atom stereocenters. The first-order valence-electron chi connectivity index (χ1n) is 7.68. The normalized spacial score (nSPS) is 16.6. The summed E-state index contributed by atoms with van der Waals surface area (Å²) in [5.74, 6) is -0.402. The van der Waals surface area contributed by atoms with Crippen molar-refractivity contribution >= 4 is 5.69 Å². The predicted octanol–water partition coefficient (Wildman–Crippen LogP) is 4.04. The Bertz CT molecular complexity index is 605. The van der Waals surface area contributed by atoms with Crippen molar-refractivity contribution in [2.45, 2.75) is 25.4 Å². The molecule has 1 aliphatic rings. The molecule has 0 unspecified atom stereocenters. The molecular formula is C18H20F2N2. The molecule has 1 aliphatic heterocycles. The lowest BCUT2D eigenvalue weighted by molar-refractivity contribution is 0.211. The molecule has 1 fully saturated rings. The van der Waals surface area contributed by atoms with Crippen LogP contribution in [0.25, 0.3) is 0 Å². The summed E-state index contributed by atoms with van der Waals surface area (Å²) in [5.41, 5.74) is 1.98. The topological polar surface area (TPSA) is 15.3 Å². The average Bonchev–Trinajstić information content (AvgIpc) is 2.52. The van der Waals surface area contributed by atoms with Crippen LogP contribution < -0.4 is 5.32 Å². The number of likely N-dealkylation sites (tertiary alicyclic amines) is 1. The van der Waals surface area contributed by atoms with Gasteiger partial charge in [0.25, 0.3) is 0 Å². The summed E-state index contributed by atoms with van der Waals surface area (Å²) in [6.07, 6.45) is 2.05. The van der Waals surface area contributed by atoms with E-state index in [9.17, 15) is 8.78 Å². The molecule has 2 nitrogen and oxygen atoms in total. The van der Waals surface area contributed by atoms with Gasteiger partial charge in [-0.25, -0.2) is 8.78 Å². The zero-order valence-corrected chi connectivity index (χ0v) is 12.4. The minimum atomic E-state index is -0.209. The van der Waals surface area contributed by atoms with Crippen molar-refractivity contribution in [1.29, 1.82) is 0 Å². The van der Waals surface area contributed by atoms with E-state index in [0.29, 0.717) is 6.04 Å². The molecule has 0 radical (unpaired) electrons. The Balaban J connectivity index is 1.49. The summed E-state index contributed by atoms with van der Waals surface area (Å²) >= 11 is 0. The average molecular weight is 302 g/mol. The van der Waals surface area contributed by atoms with Gasteiger partial charge in [0.1, 0.15) is 11.6 Å². The fourth-order valence-electron chi connectivity index (χ4n) is 2.90. The first-order valence-corrected chi connectivity index (χ1v) is 7.68. The third-order valence-electron chi connectivity index (χ3n) is 4.10. The second kappa shape index (κ2) is 6.88. The van der Waals surface area contributed by atoms with Gasteiger partial charge in [0, 0.05) is 31.4 Å². The quantitative estimate of drug-likeness (QED) is 0.917. The van der Waals surface area contributed by atoms with Crippen LogP contribution in [0.15, 0.2) is 48.5 Å². The van der Waals surface area contributed by atoms with E-state index >= 15 is 0 Å². The maximum absolute atomic E-state index is 13.2. The van der Waals surface area contributed by atoms with E-state index < -0.39 is 0 Å². The predicted molar refractivity (Wildman–Crippen MR) is 84.7 cm³/mol. The molecule has 1 N–H and O–H groups in total. The van der Waals surface area contributed by atoms with Gasteiger partial charge in [-0.2, -0.15) is 0 Å². The van der Waals surface area contributed by atoms with Gasteiger partial charge >= 0.3 is 0 Å². The van der Waals surface area contributed by atoms with Crippen molar-refractivity contribution in [3.63, 3.8) is 0 Å². The number of nitrogens with zero attached hydrogens (tertiary/aromatic N) is 1. The van der Waals surface area contributed by atoms with Gasteiger partial charge in [-0.3, -0.25) is 4.90 Å². The number of rotatable bonds is 4. The molecule has 0 spiro atoms. The lowest BCUT2D eigenvalue weighted by Gasteiger charge is -2.32. The van der Waals surface area contributed by atoms with Gasteiger partial charge in [0.05, 0.1) is 0 Å². The zero-order valence-electron chi connectivity index (χ0n) is 12.4. The Kier molecular flexibility index (Phi) is 4.68. The first-order chi connectivity index (χ1) is 10.7. The van der Waals surface area contributed by atoms with Gasteiger partial charge in [-0.1, -0.05) is 18.2 Å². The standard InChI is InChI=1S/C18H20F2N2/c19-15-6-4-14(5-7-15)13-22-10-8-17(9-11-22)21-18-3-1-2-16(20)12-18/h1-7,12,17,21H,8-11,13H2. The van der Waals surface area contributed by atoms with Gasteiger partial charge in [0.2, 0.25) is 0 Å². The lowest BCUT2D eigenvalue weighted by Crippen LogP contribution is -2.38. The highest BCUT2D eigenvalue weighted by Crippen LogP contribution is 2.19. The Morgan fingerprint density at radius 2 is 1.68 bits per heavy atom. The van der Waals surface area contributed by atoms with Crippen molar-refractivity contribution in [3.8, 4) is 0 Å². The monoisotopic (exact) mass is 302 g/mol. The van der Waals surface area contributed by atoms with Crippen LogP contribution in [0.5, 0.6) is 0 Å². The van der Waals surface area contributed by atoms with E-state index in [1.165, 1.54) is 24.3 Å². The highest BCUT2D eigenvalue weighted by molar-refractivity contribution is 5.44. The summed E-state index contributed by atoms with van der Waals surface area (Å²) in [6.45, 7) is 2.84. The molecule has 0 aromatic heterocycles. The van der Waals surface area contributed by atoms with Gasteiger partial charge in [-0.05, 0) is 48.7 Å². The second-order valence-electron chi connectivity index (χ2n) is 5.83. The van der Waals surface area contributed by atoms with Crippen LogP contribution >= 0.6 is 0 Å². The van der Waals surface area contributed by atoms with Crippen molar-refractivity contribution in [2.24, 2.45) is 0 Å². The number of hydrogen-bond acceptors (Lipinski definition) is 2. The molecule has 0 amide bonds. The molecule has 0 aliphatic carbocycles. The van der Waals surface area contributed by atoms with E-state index in [1.807, 2.05) is 18.2 Å². The third-order valence-corrected chi connectivity index (χ3v) is 4.10. The van der Waals surface area contributed by atoms with Crippen LogP contribution in [-0.2, 0) is 6.54 Å². The Morgan fingerprint density at radius 3 is 2.36 bits per heavy atom. The number of nitrogens with one attached hydrogen (secondary N) is 1. The first kappa shape index (κ1) is 15.0. The van der Waals surface area contributed by atoms with Crippen molar-refractivity contribution < 1.29 is 8.78 Å². The van der Waals surface area contributed by atoms with Crippen LogP contribution in [0.1, 0.15) is 18.4 Å². The summed E-state index contributed by atoms with van der Waals surface area (Å²) in [7, 11) is 0. The summed E-state index contributed by atoms with van der Waals surface area (Å²) < 4.78 is 26.1. The Hall–Kier alpha value is -1.94. The van der Waals surface area contributed by atoms with E-state index in [-0.39, 0.29) is 11.6 Å². The molecule has 3 rings (SSSR count). The Labute approximate surface area is 129 Å². The molecule has 0 saturated carbocycles. The lowest BCUT2D eigenvalue weighted by atomic mass is 10.0. The van der Waals surface area contributed by atoms with Gasteiger partial charge in [0.15, 0.2) is 0 Å². The smallest absolute Gasteiger partial charge is 0.125 e. The van der Waals surface area contributed by atoms with Gasteiger partial charge in [-0.15, -0.1) is 0 Å². The fraction of sp³-hybridized carbons (Fsp3) is 0.333. The van der Waals surface area contributed by atoms with Crippen molar-refractivity contribution in [3.05, 3.63) is 65.7 Å². The second-order valence-corrected chi connectivity index (χ2v) is 5.83. The minimum Gasteiger partial charge on any atom is -0.382 e. The fourth-order valence-corrected chi connectivity index (χ4v) is 2.90. The van der Waals surface area contributed by atoms with Crippen LogP contribution in [0.4, 0.5) is 14.5 Å². The third kappa shape index (κ3) is 4.04. The number of piperidine rings is 1. The van der Waals surface area contributed by atoms with E-state index in [2.05, 4.69) is 10.2 Å². The molecule has 1 heterocycles. The van der Waals surface area contributed by atoms with E-state index in [0.717, 1.165) is 43.7 Å². The van der Waals surface area contributed by atoms with Crippen LogP contribution in [-0.4, -0.2) is 24.0 Å². The maximum Gasteiger partial charge on any atom is 0.125 e. The molecule has 0 bridgehead atoms. The molecular weight excluding hydrogens is 282 g/mol. The zero-order chi connectivity index (χ0) is 15.4. The van der Waals surface area contributed by atoms with Crippen molar-refractivity contribution in [2.75, 3.05) is 18.4 Å². The highest BCUT2D eigenvalue weighted by Gasteiger charge is 2.19. The molecule has 4 heteroatoms. The SMILES string of the molecule is Fc1ccc(CN2CCC(Nc3cccc(F)c3)CC2)cc1.